The van der Waals surface area contributed by atoms with Crippen LogP contribution in [0.4, 0.5) is 4.39 Å². The second kappa shape index (κ2) is 7.14. The van der Waals surface area contributed by atoms with Crippen molar-refractivity contribution < 1.29 is 4.39 Å². The largest absolute Gasteiger partial charge is 0.330 e. The molecule has 0 amide bonds. The second-order valence-corrected chi connectivity index (χ2v) is 8.95. The summed E-state index contributed by atoms with van der Waals surface area (Å²) < 4.78 is 13.2. The number of nitrogens with two attached hydrogens (primary N) is 1. The van der Waals surface area contributed by atoms with Gasteiger partial charge >= 0.3 is 0 Å². The highest BCUT2D eigenvalue weighted by molar-refractivity contribution is 7.10. The van der Waals surface area contributed by atoms with Gasteiger partial charge in [0, 0.05) is 28.9 Å². The van der Waals surface area contributed by atoms with Gasteiger partial charge in [-0.15, -0.1) is 11.3 Å². The quantitative estimate of drug-likeness (QED) is 0.842. The van der Waals surface area contributed by atoms with Crippen LogP contribution in [0.15, 0.2) is 30.5 Å². The van der Waals surface area contributed by atoms with Gasteiger partial charge in [0.1, 0.15) is 0 Å². The van der Waals surface area contributed by atoms with Gasteiger partial charge in [-0.25, -0.2) is 0 Å². The predicted molar refractivity (Wildman–Crippen MR) is 102 cm³/mol. The Morgan fingerprint density at radius 3 is 2.72 bits per heavy atom. The normalized spacial score (nSPS) is 21.8. The number of nitrogens with zero attached hydrogens (tertiary/aromatic N) is 2. The van der Waals surface area contributed by atoms with E-state index in [-0.39, 0.29) is 16.1 Å². The Kier molecular flexibility index (Phi) is 5.28. The molecule has 3 rings (SSSR count). The zero-order valence-corrected chi connectivity index (χ0v) is 16.2. The molecule has 0 aromatic carbocycles. The van der Waals surface area contributed by atoms with Crippen molar-refractivity contribution in [1.82, 2.24) is 9.88 Å². The van der Waals surface area contributed by atoms with Crippen molar-refractivity contribution in [1.29, 1.82) is 0 Å². The van der Waals surface area contributed by atoms with Crippen molar-refractivity contribution in [3.05, 3.63) is 51.7 Å². The zero-order valence-electron chi connectivity index (χ0n) is 15.4. The summed E-state index contributed by atoms with van der Waals surface area (Å²) in [5, 5.41) is -0.0992. The van der Waals surface area contributed by atoms with Gasteiger partial charge in [0.25, 0.3) is 0 Å². The summed E-state index contributed by atoms with van der Waals surface area (Å²) in [4.78, 5) is 8.11. The molecule has 1 unspecified atom stereocenters. The number of rotatable bonds is 6. The summed E-state index contributed by atoms with van der Waals surface area (Å²) in [6.45, 7) is 9.25. The molecule has 1 atom stereocenters. The molecular weight excluding hydrogens is 333 g/mol. The first kappa shape index (κ1) is 18.5. The molecule has 5 heteroatoms. The van der Waals surface area contributed by atoms with E-state index in [1.165, 1.54) is 16.9 Å². The lowest BCUT2D eigenvalue weighted by Gasteiger charge is -2.38. The van der Waals surface area contributed by atoms with Crippen molar-refractivity contribution in [3.8, 4) is 0 Å². The lowest BCUT2D eigenvalue weighted by molar-refractivity contribution is 0.129. The molecule has 1 saturated heterocycles. The molecule has 25 heavy (non-hydrogen) atoms. The maximum Gasteiger partial charge on any atom is 0.176 e. The Hall–Kier alpha value is -1.30. The fraction of sp³-hybridized carbons (Fsp3) is 0.550. The van der Waals surface area contributed by atoms with E-state index in [0.717, 1.165) is 42.9 Å². The van der Waals surface area contributed by atoms with Gasteiger partial charge in [0.2, 0.25) is 0 Å². The fourth-order valence-electron chi connectivity index (χ4n) is 3.77. The second-order valence-electron chi connectivity index (χ2n) is 7.83. The van der Waals surface area contributed by atoms with Crippen molar-refractivity contribution in [2.24, 2.45) is 11.1 Å². The molecule has 0 radical (unpaired) electrons. The summed E-state index contributed by atoms with van der Waals surface area (Å²) >= 11 is 1.26. The van der Waals surface area contributed by atoms with E-state index in [9.17, 15) is 4.39 Å². The number of pyridine rings is 1. The Morgan fingerprint density at radius 2 is 2.12 bits per heavy atom. The number of likely N-dealkylation sites (tertiary alicyclic amines) is 1. The van der Waals surface area contributed by atoms with E-state index >= 15 is 0 Å². The minimum Gasteiger partial charge on any atom is -0.330 e. The summed E-state index contributed by atoms with van der Waals surface area (Å²) in [6, 6.07) is 7.72. The third-order valence-corrected chi connectivity index (χ3v) is 6.74. The van der Waals surface area contributed by atoms with Crippen LogP contribution in [0.3, 0.4) is 0 Å². The van der Waals surface area contributed by atoms with Crippen LogP contribution in [0.2, 0.25) is 0 Å². The SMILES string of the molecule is Cc1ccc(C(C)(C)N2CCC(CN)(CCc3ccc(F)s3)C2)cn1. The Bertz CT molecular complexity index is 710. The Morgan fingerprint density at radius 1 is 1.32 bits per heavy atom. The minimum absolute atomic E-state index is 0.0628. The highest BCUT2D eigenvalue weighted by atomic mass is 32.1. The van der Waals surface area contributed by atoms with Gasteiger partial charge in [-0.1, -0.05) is 6.07 Å². The molecule has 1 aliphatic heterocycles. The molecule has 0 aliphatic carbocycles. The first-order chi connectivity index (χ1) is 11.8. The first-order valence-corrected chi connectivity index (χ1v) is 9.79. The van der Waals surface area contributed by atoms with E-state index in [1.54, 1.807) is 6.07 Å². The third-order valence-electron chi connectivity index (χ3n) is 5.81. The van der Waals surface area contributed by atoms with Gasteiger partial charge in [-0.05, 0) is 82.3 Å². The minimum atomic E-state index is -0.0992. The lowest BCUT2D eigenvalue weighted by atomic mass is 9.82. The van der Waals surface area contributed by atoms with E-state index in [0.29, 0.717) is 6.54 Å². The number of hydrogen-bond donors (Lipinski definition) is 1. The summed E-state index contributed by atoms with van der Waals surface area (Å²) in [6.07, 6.45) is 5.01. The smallest absolute Gasteiger partial charge is 0.176 e. The molecule has 1 fully saturated rings. The lowest BCUT2D eigenvalue weighted by Crippen LogP contribution is -2.43. The van der Waals surface area contributed by atoms with Gasteiger partial charge in [-0.3, -0.25) is 9.88 Å². The standard InChI is InChI=1S/C20H28FN3S/c1-15-4-5-16(12-23-15)19(2,3)24-11-10-20(13-22,14-24)9-8-17-6-7-18(21)25-17/h4-7,12H,8-11,13-14,22H2,1-3H3. The Labute approximate surface area is 154 Å². The molecule has 0 bridgehead atoms. The van der Waals surface area contributed by atoms with Crippen molar-refractivity contribution >= 4 is 11.3 Å². The topological polar surface area (TPSA) is 42.1 Å². The molecule has 2 aromatic heterocycles. The molecule has 136 valence electrons. The first-order valence-electron chi connectivity index (χ1n) is 8.97. The van der Waals surface area contributed by atoms with Crippen LogP contribution >= 0.6 is 11.3 Å². The van der Waals surface area contributed by atoms with Crippen LogP contribution < -0.4 is 5.73 Å². The van der Waals surface area contributed by atoms with Gasteiger partial charge < -0.3 is 5.73 Å². The number of thiophene rings is 1. The maximum absolute atomic E-state index is 13.2. The highest BCUT2D eigenvalue weighted by Gasteiger charge is 2.42. The van der Waals surface area contributed by atoms with E-state index in [1.807, 2.05) is 19.2 Å². The van der Waals surface area contributed by atoms with Gasteiger partial charge in [-0.2, -0.15) is 4.39 Å². The average molecular weight is 362 g/mol. The van der Waals surface area contributed by atoms with E-state index in [4.69, 9.17) is 5.73 Å². The van der Waals surface area contributed by atoms with Crippen molar-refractivity contribution in [3.63, 3.8) is 0 Å². The molecule has 1 aliphatic rings. The molecule has 0 spiro atoms. The van der Waals surface area contributed by atoms with Crippen LogP contribution in [0.1, 0.15) is 42.8 Å². The molecule has 0 saturated carbocycles. The van der Waals surface area contributed by atoms with Crippen LogP contribution in [-0.2, 0) is 12.0 Å². The van der Waals surface area contributed by atoms with Crippen molar-refractivity contribution in [2.75, 3.05) is 19.6 Å². The van der Waals surface area contributed by atoms with Gasteiger partial charge in [0.05, 0.1) is 0 Å². The van der Waals surface area contributed by atoms with Crippen LogP contribution in [-0.4, -0.2) is 29.5 Å². The summed E-state index contributed by atoms with van der Waals surface area (Å²) in [7, 11) is 0. The highest BCUT2D eigenvalue weighted by Crippen LogP contribution is 2.41. The van der Waals surface area contributed by atoms with Crippen LogP contribution in [0.25, 0.3) is 0 Å². The molecule has 3 heterocycles. The third kappa shape index (κ3) is 3.94. The number of halogens is 1. The Balaban J connectivity index is 1.70. The molecule has 2 N–H and O–H groups in total. The van der Waals surface area contributed by atoms with Crippen LogP contribution in [0, 0.1) is 17.5 Å². The van der Waals surface area contributed by atoms with Crippen LogP contribution in [0.5, 0.6) is 0 Å². The fourth-order valence-corrected chi connectivity index (χ4v) is 4.50. The summed E-state index contributed by atoms with van der Waals surface area (Å²) in [5.74, 6) is 0. The van der Waals surface area contributed by atoms with Gasteiger partial charge in [0.15, 0.2) is 5.13 Å². The van der Waals surface area contributed by atoms with E-state index in [2.05, 4.69) is 35.9 Å². The molecule has 2 aromatic rings. The number of hydrogen-bond acceptors (Lipinski definition) is 4. The van der Waals surface area contributed by atoms with Crippen molar-refractivity contribution in [2.45, 2.75) is 45.6 Å². The molecular formula is C20H28FN3S. The number of aromatic nitrogens is 1. The maximum atomic E-state index is 13.2. The average Bonchev–Trinajstić information content (AvgIpc) is 3.21. The molecule has 3 nitrogen and oxygen atoms in total. The van der Waals surface area contributed by atoms with E-state index < -0.39 is 0 Å². The number of aryl methyl sites for hydroxylation is 2. The predicted octanol–water partition coefficient (Wildman–Crippen LogP) is 4.11. The summed E-state index contributed by atoms with van der Waals surface area (Å²) in [5.41, 5.74) is 8.53. The monoisotopic (exact) mass is 361 g/mol. The zero-order chi connectivity index (χ0) is 18.1.